The number of benzene rings is 1. The van der Waals surface area contributed by atoms with Gasteiger partial charge in [0.05, 0.1) is 12.5 Å². The first-order valence-electron chi connectivity index (χ1n) is 17.2. The summed E-state index contributed by atoms with van der Waals surface area (Å²) in [5.74, 6) is 0.178. The minimum atomic E-state index is -4.25. The van der Waals surface area contributed by atoms with E-state index in [-0.39, 0.29) is 30.7 Å². The molecule has 1 amide bonds. The molecular weight excluding hydrogens is 623 g/mol. The lowest BCUT2D eigenvalue weighted by Crippen LogP contribution is -2.51. The van der Waals surface area contributed by atoms with Crippen LogP contribution in [0.2, 0.25) is 0 Å². The molecular formula is C35H48F3N7O3. The number of hydrogen-bond acceptors (Lipinski definition) is 8. The Kier molecular flexibility index (Phi) is 10.2. The minimum absolute atomic E-state index is 0.144. The number of piperazine rings is 1. The van der Waals surface area contributed by atoms with E-state index in [1.165, 1.54) is 5.56 Å². The molecule has 48 heavy (non-hydrogen) atoms. The number of nitrogens with one attached hydrogen (secondary N) is 1. The van der Waals surface area contributed by atoms with E-state index in [1.54, 1.807) is 6.20 Å². The highest BCUT2D eigenvalue weighted by molar-refractivity contribution is 5.94. The van der Waals surface area contributed by atoms with Crippen LogP contribution in [0.25, 0.3) is 22.2 Å². The van der Waals surface area contributed by atoms with E-state index >= 15 is 0 Å². The van der Waals surface area contributed by atoms with Gasteiger partial charge in [0.1, 0.15) is 11.2 Å². The predicted molar refractivity (Wildman–Crippen MR) is 179 cm³/mol. The molecule has 2 saturated heterocycles. The fourth-order valence-corrected chi connectivity index (χ4v) is 7.14. The van der Waals surface area contributed by atoms with Crippen LogP contribution in [0.4, 0.5) is 23.9 Å². The first kappa shape index (κ1) is 34.4. The van der Waals surface area contributed by atoms with Gasteiger partial charge < -0.3 is 24.6 Å². The number of hydrogen-bond donors (Lipinski definition) is 2. The van der Waals surface area contributed by atoms with E-state index in [4.69, 9.17) is 4.74 Å². The summed E-state index contributed by atoms with van der Waals surface area (Å²) in [6, 6.07) is 9.07. The van der Waals surface area contributed by atoms with Crippen LogP contribution in [0.1, 0.15) is 70.9 Å². The first-order chi connectivity index (χ1) is 22.8. The van der Waals surface area contributed by atoms with Crippen LogP contribution in [0.15, 0.2) is 36.7 Å². The highest BCUT2D eigenvalue weighted by Crippen LogP contribution is 2.37. The second-order valence-electron chi connectivity index (χ2n) is 14.5. The maximum Gasteiger partial charge on any atom is 0.410 e. The van der Waals surface area contributed by atoms with E-state index < -0.39 is 18.2 Å². The average Bonchev–Trinajstić information content (AvgIpc) is 3.67. The average molecular weight is 672 g/mol. The Labute approximate surface area is 280 Å². The van der Waals surface area contributed by atoms with E-state index in [9.17, 15) is 23.1 Å². The molecule has 262 valence electrons. The topological polar surface area (TPSA) is 99.0 Å². The van der Waals surface area contributed by atoms with Crippen molar-refractivity contribution in [3.8, 4) is 11.1 Å². The molecule has 3 fully saturated rings. The van der Waals surface area contributed by atoms with Crippen molar-refractivity contribution in [2.75, 3.05) is 51.1 Å². The molecule has 1 saturated carbocycles. The molecule has 2 aromatic heterocycles. The molecule has 1 aromatic carbocycles. The first-order valence-corrected chi connectivity index (χ1v) is 17.2. The number of fused-ring (bicyclic) bond motifs is 1. The van der Waals surface area contributed by atoms with Gasteiger partial charge in [0, 0.05) is 87.8 Å². The largest absolute Gasteiger partial charge is 0.444 e. The number of aliphatic hydroxyl groups is 1. The van der Waals surface area contributed by atoms with E-state index in [0.717, 1.165) is 81.6 Å². The monoisotopic (exact) mass is 671 g/mol. The lowest BCUT2D eigenvalue weighted by Gasteiger charge is -2.38. The van der Waals surface area contributed by atoms with Crippen molar-refractivity contribution >= 4 is 23.1 Å². The van der Waals surface area contributed by atoms with Gasteiger partial charge in [-0.3, -0.25) is 9.80 Å². The number of aromatic nitrogens is 3. The van der Waals surface area contributed by atoms with Crippen molar-refractivity contribution in [2.24, 2.45) is 0 Å². The number of likely N-dealkylation sites (tertiary alicyclic amines) is 1. The molecule has 1 atom stereocenters. The number of rotatable bonds is 8. The van der Waals surface area contributed by atoms with Gasteiger partial charge in [0.15, 0.2) is 0 Å². The Morgan fingerprint density at radius 2 is 1.69 bits per heavy atom. The molecule has 3 aromatic rings. The van der Waals surface area contributed by atoms with Crippen LogP contribution >= 0.6 is 0 Å². The van der Waals surface area contributed by atoms with E-state index in [0.29, 0.717) is 24.5 Å². The maximum absolute atomic E-state index is 12.7. The molecule has 0 spiro atoms. The van der Waals surface area contributed by atoms with Gasteiger partial charge in [-0.1, -0.05) is 24.3 Å². The van der Waals surface area contributed by atoms with Crippen LogP contribution in [0.5, 0.6) is 0 Å². The fraction of sp³-hybridized carbons (Fsp3) is 0.629. The van der Waals surface area contributed by atoms with Crippen molar-refractivity contribution in [3.63, 3.8) is 0 Å². The summed E-state index contributed by atoms with van der Waals surface area (Å²) >= 11 is 0. The van der Waals surface area contributed by atoms with Crippen LogP contribution in [0.3, 0.4) is 0 Å². The minimum Gasteiger partial charge on any atom is -0.444 e. The predicted octanol–water partition coefficient (Wildman–Crippen LogP) is 6.07. The summed E-state index contributed by atoms with van der Waals surface area (Å²) in [6.45, 7) is 11.6. The lowest BCUT2D eigenvalue weighted by molar-refractivity contribution is -0.131. The summed E-state index contributed by atoms with van der Waals surface area (Å²) in [6.07, 6.45) is 2.04. The van der Waals surface area contributed by atoms with Crippen molar-refractivity contribution in [2.45, 2.75) is 95.8 Å². The van der Waals surface area contributed by atoms with Crippen molar-refractivity contribution < 1.29 is 27.8 Å². The molecule has 2 N–H and O–H groups in total. The smallest absolute Gasteiger partial charge is 0.410 e. The number of amides is 1. The van der Waals surface area contributed by atoms with Gasteiger partial charge in [0.25, 0.3) is 0 Å². The van der Waals surface area contributed by atoms with Gasteiger partial charge in [0.2, 0.25) is 5.95 Å². The number of anilines is 1. The van der Waals surface area contributed by atoms with Crippen LogP contribution in [-0.2, 0) is 11.3 Å². The number of aliphatic hydroxyl groups excluding tert-OH is 1. The van der Waals surface area contributed by atoms with Crippen LogP contribution in [0, 0.1) is 0 Å². The SMILES string of the molecule is CC(C)(C)OC(=O)N1CCC(N2CCN(Cc3ccc(-c4cn([C@H]5CC[C@H](O)CC5)c5nc(NCCC(F)(F)F)ncc45)cc3)CC2)C1. The van der Waals surface area contributed by atoms with Gasteiger partial charge in [-0.2, -0.15) is 18.2 Å². The van der Waals surface area contributed by atoms with Gasteiger partial charge in [-0.15, -0.1) is 0 Å². The number of ether oxygens (including phenoxy) is 1. The fourth-order valence-electron chi connectivity index (χ4n) is 7.14. The summed E-state index contributed by atoms with van der Waals surface area (Å²) in [5, 5.41) is 13.7. The molecule has 3 aliphatic rings. The standard InChI is InChI=1S/C35H48F3N7O3/c1-34(2,3)48-33(47)44-15-12-27(22-44)43-18-16-42(17-19-43)21-24-4-6-25(7-5-24)30-23-45(26-8-10-28(46)11-9-26)31-29(30)20-40-32(41-31)39-14-13-35(36,37)38/h4-7,20,23,26-28,46H,8-19,21-22H2,1-3H3,(H,39,40,41)/t26-,27?,28-. The third-order valence-electron chi connectivity index (χ3n) is 9.73. The van der Waals surface area contributed by atoms with Gasteiger partial charge in [-0.05, 0) is 64.0 Å². The summed E-state index contributed by atoms with van der Waals surface area (Å²) in [5.41, 5.74) is 3.44. The summed E-state index contributed by atoms with van der Waals surface area (Å²) < 4.78 is 45.9. The Morgan fingerprint density at radius 1 is 0.979 bits per heavy atom. The lowest BCUT2D eigenvalue weighted by atomic mass is 9.93. The third kappa shape index (κ3) is 8.59. The normalized spacial score (nSPS) is 23.1. The zero-order chi connectivity index (χ0) is 34.1. The summed E-state index contributed by atoms with van der Waals surface area (Å²) in [7, 11) is 0. The molecule has 13 heteroatoms. The molecule has 1 aliphatic carbocycles. The summed E-state index contributed by atoms with van der Waals surface area (Å²) in [4.78, 5) is 28.3. The molecule has 1 unspecified atom stereocenters. The number of halogens is 3. The number of nitrogens with zero attached hydrogens (tertiary/aromatic N) is 6. The zero-order valence-electron chi connectivity index (χ0n) is 28.2. The number of carbonyl (C=O) groups is 1. The zero-order valence-corrected chi connectivity index (χ0v) is 28.2. The van der Waals surface area contributed by atoms with E-state index in [2.05, 4.69) is 60.1 Å². The van der Waals surface area contributed by atoms with Gasteiger partial charge in [-0.25, -0.2) is 9.78 Å². The van der Waals surface area contributed by atoms with Crippen LogP contribution < -0.4 is 5.32 Å². The Bertz CT molecular complexity index is 1540. The second-order valence-corrected chi connectivity index (χ2v) is 14.5. The molecule has 0 bridgehead atoms. The molecule has 2 aliphatic heterocycles. The van der Waals surface area contributed by atoms with E-state index in [1.807, 2.05) is 25.7 Å². The molecule has 10 nitrogen and oxygen atoms in total. The van der Waals surface area contributed by atoms with Crippen molar-refractivity contribution in [3.05, 3.63) is 42.2 Å². The third-order valence-corrected chi connectivity index (χ3v) is 9.73. The molecule has 0 radical (unpaired) electrons. The molecule has 6 rings (SSSR count). The quantitative estimate of drug-likeness (QED) is 0.298. The second kappa shape index (κ2) is 14.2. The highest BCUT2D eigenvalue weighted by atomic mass is 19.4. The highest BCUT2D eigenvalue weighted by Gasteiger charge is 2.34. The Hall–Kier alpha value is -3.42. The maximum atomic E-state index is 12.7. The Balaban J connectivity index is 1.09. The van der Waals surface area contributed by atoms with Crippen LogP contribution in [-0.4, -0.2) is 110 Å². The number of alkyl halides is 3. The Morgan fingerprint density at radius 3 is 2.35 bits per heavy atom. The van der Waals surface area contributed by atoms with Crippen molar-refractivity contribution in [1.29, 1.82) is 0 Å². The van der Waals surface area contributed by atoms with Crippen molar-refractivity contribution in [1.82, 2.24) is 29.2 Å². The number of carbonyl (C=O) groups excluding carboxylic acids is 1. The van der Waals surface area contributed by atoms with Gasteiger partial charge >= 0.3 is 12.3 Å². The molecule has 4 heterocycles.